The monoisotopic (exact) mass is 647 g/mol. The Balaban J connectivity index is 0.000000591. The molecule has 1 heterocycles. The van der Waals surface area contributed by atoms with Crippen LogP contribution < -0.4 is 5.32 Å². The maximum absolute atomic E-state index is 13.8. The van der Waals surface area contributed by atoms with Crippen LogP contribution in [0.2, 0.25) is 0 Å². The number of anilines is 1. The fourth-order valence-electron chi connectivity index (χ4n) is 6.31. The molecule has 1 aliphatic heterocycles. The number of carbonyl (C=O) groups excluding carboxylic acids is 1. The molecule has 0 aromatic heterocycles. The molecule has 1 saturated carbocycles. The summed E-state index contributed by atoms with van der Waals surface area (Å²) in [5.74, 6) is -2.72. The number of rotatable bonds is 8. The second-order valence-corrected chi connectivity index (χ2v) is 14.0. The highest BCUT2D eigenvalue weighted by atomic mass is 32.2. The first-order valence-corrected chi connectivity index (χ1v) is 16.7. The molecule has 5 rings (SSSR count). The molecular weight excluding hydrogens is 607 g/mol. The van der Waals surface area contributed by atoms with Crippen LogP contribution in [0.4, 0.5) is 18.9 Å². The fraction of sp³-hybridized carbons (Fsp3) is 0.455. The van der Waals surface area contributed by atoms with Gasteiger partial charge in [-0.1, -0.05) is 54.6 Å². The lowest BCUT2D eigenvalue weighted by Crippen LogP contribution is -2.52. The topological polar surface area (TPSA) is 107 Å². The molecular formula is C33H40F3N3O5S. The van der Waals surface area contributed by atoms with Crippen molar-refractivity contribution in [3.05, 3.63) is 72.8 Å². The number of carbonyl (C=O) groups is 2. The van der Waals surface area contributed by atoms with Gasteiger partial charge in [-0.05, 0) is 76.1 Å². The average Bonchev–Trinajstić information content (AvgIpc) is 3.36. The van der Waals surface area contributed by atoms with Crippen LogP contribution in [0.25, 0.3) is 10.8 Å². The molecule has 1 aliphatic carbocycles. The minimum atomic E-state index is -5.08. The molecule has 3 aromatic carbocycles. The number of nitrogens with one attached hydrogen (secondary N) is 1. The van der Waals surface area contributed by atoms with Gasteiger partial charge in [-0.25, -0.2) is 13.2 Å². The Bertz CT molecular complexity index is 1580. The molecule has 2 N–H and O–H groups in total. The number of alkyl halides is 3. The Hall–Kier alpha value is -3.64. The van der Waals surface area contributed by atoms with E-state index < -0.39 is 22.0 Å². The first-order valence-electron chi connectivity index (χ1n) is 15.0. The van der Waals surface area contributed by atoms with Gasteiger partial charge in [0.25, 0.3) is 0 Å². The van der Waals surface area contributed by atoms with Crippen molar-refractivity contribution >= 4 is 38.2 Å². The van der Waals surface area contributed by atoms with E-state index in [4.69, 9.17) is 9.90 Å². The van der Waals surface area contributed by atoms with E-state index in [2.05, 4.69) is 49.3 Å². The van der Waals surface area contributed by atoms with E-state index in [9.17, 15) is 26.4 Å². The number of aliphatic carboxylic acids is 1. The van der Waals surface area contributed by atoms with Gasteiger partial charge in [-0.3, -0.25) is 4.79 Å². The van der Waals surface area contributed by atoms with Crippen LogP contribution in [0.1, 0.15) is 39.5 Å². The number of carboxylic acids is 1. The number of sulfone groups is 1. The van der Waals surface area contributed by atoms with Crippen LogP contribution in [-0.2, 0) is 19.4 Å². The Morgan fingerprint density at radius 2 is 1.62 bits per heavy atom. The first kappa shape index (κ1) is 34.2. The summed E-state index contributed by atoms with van der Waals surface area (Å²) in [5, 5.41) is 12.9. The highest BCUT2D eigenvalue weighted by Gasteiger charge is 2.44. The molecule has 1 saturated heterocycles. The molecule has 2 fully saturated rings. The van der Waals surface area contributed by atoms with Gasteiger partial charge in [0, 0.05) is 35.7 Å². The number of likely N-dealkylation sites (tertiary alicyclic amines) is 1. The largest absolute Gasteiger partial charge is 0.490 e. The van der Waals surface area contributed by atoms with Gasteiger partial charge in [0.2, 0.25) is 5.91 Å². The summed E-state index contributed by atoms with van der Waals surface area (Å²) in [6, 6.07) is 23.4. The molecule has 244 valence electrons. The van der Waals surface area contributed by atoms with Gasteiger partial charge < -0.3 is 20.2 Å². The second-order valence-electron chi connectivity index (χ2n) is 12.0. The van der Waals surface area contributed by atoms with Crippen LogP contribution in [0.5, 0.6) is 0 Å². The molecule has 12 heteroatoms. The number of benzene rings is 3. The summed E-state index contributed by atoms with van der Waals surface area (Å²) >= 11 is 0. The maximum Gasteiger partial charge on any atom is 0.490 e. The maximum atomic E-state index is 13.8. The van der Waals surface area contributed by atoms with E-state index in [1.54, 1.807) is 24.3 Å². The lowest BCUT2D eigenvalue weighted by molar-refractivity contribution is -0.192. The predicted molar refractivity (Wildman–Crippen MR) is 168 cm³/mol. The van der Waals surface area contributed by atoms with Crippen LogP contribution in [0, 0.1) is 5.92 Å². The van der Waals surface area contributed by atoms with Crippen LogP contribution in [0.15, 0.2) is 77.7 Å². The van der Waals surface area contributed by atoms with Crippen LogP contribution >= 0.6 is 0 Å². The molecule has 0 radical (unpaired) electrons. The number of fused-ring (bicyclic) bond motifs is 1. The van der Waals surface area contributed by atoms with E-state index in [1.807, 2.05) is 35.2 Å². The molecule has 0 bridgehead atoms. The smallest absolute Gasteiger partial charge is 0.475 e. The molecule has 3 aromatic rings. The van der Waals surface area contributed by atoms with Crippen molar-refractivity contribution in [2.75, 3.05) is 24.7 Å². The summed E-state index contributed by atoms with van der Waals surface area (Å²) in [6.07, 6.45) is -1.81. The van der Waals surface area contributed by atoms with Crippen molar-refractivity contribution in [1.29, 1.82) is 0 Å². The van der Waals surface area contributed by atoms with Crippen LogP contribution in [-0.4, -0.2) is 84.9 Å². The fourth-order valence-corrected chi connectivity index (χ4v) is 8.00. The van der Waals surface area contributed by atoms with Gasteiger partial charge in [0.05, 0.1) is 10.6 Å². The van der Waals surface area contributed by atoms with Crippen molar-refractivity contribution < 1.29 is 36.3 Å². The zero-order chi connectivity index (χ0) is 32.9. The van der Waals surface area contributed by atoms with Crippen molar-refractivity contribution in [2.24, 2.45) is 5.92 Å². The Labute approximate surface area is 262 Å². The molecule has 1 unspecified atom stereocenters. The summed E-state index contributed by atoms with van der Waals surface area (Å²) in [5.41, 5.74) is 0.966. The standard InChI is InChI=1S/C31H39N3O3S.C2HF3O2/c1-22(2)33(3)25-16-17-30(24(20-25)21-38(36,37)26-12-5-4-6-13-26)34-19-18-29(31(34)35)32-28-15-9-11-23-10-7-8-14-27(23)28;3-2(4,5)1(6)7/h4-15,22,24-25,29-30,32H,16-21H2,1-3H3;(H,6,7)/t24-,25+,29?,30-;/m0./s1. The van der Waals surface area contributed by atoms with Gasteiger partial charge in [0.1, 0.15) is 6.04 Å². The number of nitrogens with zero attached hydrogens (tertiary/aromatic N) is 2. The molecule has 4 atom stereocenters. The number of halogens is 3. The Morgan fingerprint density at radius 1 is 1.00 bits per heavy atom. The molecule has 45 heavy (non-hydrogen) atoms. The zero-order valence-electron chi connectivity index (χ0n) is 25.6. The minimum Gasteiger partial charge on any atom is -0.475 e. The quantitative estimate of drug-likeness (QED) is 0.317. The number of hydrogen-bond donors (Lipinski definition) is 2. The summed E-state index contributed by atoms with van der Waals surface area (Å²) < 4.78 is 58.6. The van der Waals surface area contributed by atoms with Gasteiger partial charge >= 0.3 is 12.1 Å². The zero-order valence-corrected chi connectivity index (χ0v) is 26.4. The Morgan fingerprint density at radius 3 is 2.27 bits per heavy atom. The SMILES string of the molecule is CC(C)N(C)[C@@H]1CC[C@H](N2CCC(Nc3cccc4ccccc34)C2=O)[C@H](CS(=O)(=O)c2ccccc2)C1.O=C(O)C(F)(F)F. The number of carboxylic acid groups (broad SMARTS) is 1. The summed E-state index contributed by atoms with van der Waals surface area (Å²) in [4.78, 5) is 27.4. The number of hydrogen-bond acceptors (Lipinski definition) is 6. The highest BCUT2D eigenvalue weighted by molar-refractivity contribution is 7.91. The first-order chi connectivity index (χ1) is 21.2. The van der Waals surface area contributed by atoms with E-state index >= 15 is 0 Å². The summed E-state index contributed by atoms with van der Waals surface area (Å²) in [6.45, 7) is 5.00. The summed E-state index contributed by atoms with van der Waals surface area (Å²) in [7, 11) is -1.34. The van der Waals surface area contributed by atoms with Crippen molar-refractivity contribution in [3.8, 4) is 0 Å². The second kappa shape index (κ2) is 14.2. The van der Waals surface area contributed by atoms with Crippen molar-refractivity contribution in [2.45, 2.75) is 74.8 Å². The van der Waals surface area contributed by atoms with E-state index in [0.717, 1.165) is 35.7 Å². The van der Waals surface area contributed by atoms with Crippen molar-refractivity contribution in [1.82, 2.24) is 9.80 Å². The van der Waals surface area contributed by atoms with E-state index in [0.29, 0.717) is 29.9 Å². The van der Waals surface area contributed by atoms with E-state index in [1.165, 1.54) is 0 Å². The average molecular weight is 648 g/mol. The lowest BCUT2D eigenvalue weighted by atomic mass is 9.81. The van der Waals surface area contributed by atoms with Gasteiger partial charge in [-0.2, -0.15) is 13.2 Å². The third-order valence-electron chi connectivity index (χ3n) is 8.84. The van der Waals surface area contributed by atoms with Gasteiger partial charge in [0.15, 0.2) is 9.84 Å². The molecule has 2 aliphatic rings. The highest BCUT2D eigenvalue weighted by Crippen LogP contribution is 2.36. The third-order valence-corrected chi connectivity index (χ3v) is 10.7. The van der Waals surface area contributed by atoms with Crippen molar-refractivity contribution in [3.63, 3.8) is 0 Å². The third kappa shape index (κ3) is 8.35. The number of amides is 1. The molecule has 1 amide bonds. The predicted octanol–water partition coefficient (Wildman–Crippen LogP) is 5.84. The molecule has 8 nitrogen and oxygen atoms in total. The normalized spacial score (nSPS) is 22.4. The van der Waals surface area contributed by atoms with Gasteiger partial charge in [-0.15, -0.1) is 0 Å². The Kier molecular flexibility index (Phi) is 10.8. The molecule has 0 spiro atoms. The van der Waals surface area contributed by atoms with E-state index in [-0.39, 0.29) is 29.7 Å². The van der Waals surface area contributed by atoms with Crippen LogP contribution in [0.3, 0.4) is 0 Å². The lowest BCUT2D eigenvalue weighted by Gasteiger charge is -2.44. The minimum absolute atomic E-state index is 0.0648.